The summed E-state index contributed by atoms with van der Waals surface area (Å²) in [6.45, 7) is 0.00306. The number of carbonyl (C=O) groups is 3. The maximum atomic E-state index is 11.5. The zero-order chi connectivity index (χ0) is 18.1. The Balaban J connectivity index is 1.80. The van der Waals surface area contributed by atoms with Gasteiger partial charge in [-0.05, 0) is 11.6 Å². The molecule has 0 fully saturated rings. The third kappa shape index (κ3) is 6.26. The van der Waals surface area contributed by atoms with Crippen LogP contribution in [0.25, 0.3) is 6.08 Å². The van der Waals surface area contributed by atoms with Crippen molar-refractivity contribution >= 4 is 24.0 Å². The number of ether oxygens (including phenoxy) is 1. The van der Waals surface area contributed by atoms with Gasteiger partial charge in [0.1, 0.15) is 5.69 Å². The van der Waals surface area contributed by atoms with E-state index in [1.54, 1.807) is 10.9 Å². The van der Waals surface area contributed by atoms with Crippen LogP contribution in [0.5, 0.6) is 0 Å². The molecule has 25 heavy (non-hydrogen) atoms. The zero-order valence-electron chi connectivity index (χ0n) is 13.5. The number of benzene rings is 1. The van der Waals surface area contributed by atoms with Crippen molar-refractivity contribution in [2.75, 3.05) is 13.7 Å². The maximum Gasteiger partial charge on any atom is 0.331 e. The highest BCUT2D eigenvalue weighted by molar-refractivity contribution is 5.96. The van der Waals surface area contributed by atoms with Crippen LogP contribution in [0.4, 0.5) is 4.79 Å². The lowest BCUT2D eigenvalue weighted by Gasteiger charge is -2.02. The van der Waals surface area contributed by atoms with Crippen LogP contribution >= 0.6 is 0 Å². The number of hydrogen-bond acceptors (Lipinski definition) is 6. The molecule has 1 aromatic carbocycles. The summed E-state index contributed by atoms with van der Waals surface area (Å²) in [6.07, 6.45) is 4.23. The molecule has 130 valence electrons. The van der Waals surface area contributed by atoms with Gasteiger partial charge in [0.2, 0.25) is 0 Å². The highest BCUT2D eigenvalue weighted by Crippen LogP contribution is 2.03. The summed E-state index contributed by atoms with van der Waals surface area (Å²) in [6, 6.07) is 9.06. The van der Waals surface area contributed by atoms with E-state index in [2.05, 4.69) is 15.6 Å². The first-order chi connectivity index (χ1) is 12.1. The molecule has 0 unspecified atom stereocenters. The Labute approximate surface area is 143 Å². The van der Waals surface area contributed by atoms with Crippen molar-refractivity contribution in [3.8, 4) is 0 Å². The molecule has 2 rings (SSSR count). The number of esters is 1. The molecule has 0 aliphatic rings. The molecular formula is C16H17N5O4. The Morgan fingerprint density at radius 3 is 2.72 bits per heavy atom. The zero-order valence-corrected chi connectivity index (χ0v) is 13.5. The third-order valence-corrected chi connectivity index (χ3v) is 2.96. The second-order valence-corrected chi connectivity index (χ2v) is 4.89. The number of hydrogen-bond donors (Lipinski definition) is 2. The molecule has 9 nitrogen and oxygen atoms in total. The molecule has 1 aromatic heterocycles. The van der Waals surface area contributed by atoms with E-state index in [0.717, 1.165) is 11.6 Å². The first-order valence-electron chi connectivity index (χ1n) is 7.37. The van der Waals surface area contributed by atoms with Crippen molar-refractivity contribution in [3.05, 3.63) is 53.9 Å². The molecule has 0 spiro atoms. The van der Waals surface area contributed by atoms with Crippen LogP contribution in [-0.4, -0.2) is 46.6 Å². The number of amides is 3. The van der Waals surface area contributed by atoms with Crippen molar-refractivity contribution < 1.29 is 19.1 Å². The summed E-state index contributed by atoms with van der Waals surface area (Å²) in [4.78, 5) is 33.7. The van der Waals surface area contributed by atoms with E-state index in [1.807, 2.05) is 35.6 Å². The fraction of sp³-hybridized carbons (Fsp3) is 0.188. The predicted molar refractivity (Wildman–Crippen MR) is 88.2 cm³/mol. The molecule has 0 bridgehead atoms. The van der Waals surface area contributed by atoms with Gasteiger partial charge in [-0.2, -0.15) is 0 Å². The molecule has 2 aromatic rings. The number of rotatable bonds is 6. The van der Waals surface area contributed by atoms with Gasteiger partial charge in [-0.15, -0.1) is 5.10 Å². The van der Waals surface area contributed by atoms with Gasteiger partial charge in [0.15, 0.2) is 6.61 Å². The number of nitrogens with one attached hydrogen (secondary N) is 2. The molecule has 0 aliphatic heterocycles. The van der Waals surface area contributed by atoms with E-state index in [1.165, 1.54) is 13.1 Å². The summed E-state index contributed by atoms with van der Waals surface area (Å²) in [5.41, 5.74) is 1.55. The lowest BCUT2D eigenvalue weighted by Crippen LogP contribution is -2.39. The Bertz CT molecular complexity index is 770. The van der Waals surface area contributed by atoms with Crippen molar-refractivity contribution in [1.29, 1.82) is 0 Å². The van der Waals surface area contributed by atoms with Crippen molar-refractivity contribution in [1.82, 2.24) is 25.6 Å². The van der Waals surface area contributed by atoms with Gasteiger partial charge in [0.05, 0.1) is 12.7 Å². The monoisotopic (exact) mass is 343 g/mol. The fourth-order valence-corrected chi connectivity index (χ4v) is 1.80. The van der Waals surface area contributed by atoms with Gasteiger partial charge in [-0.25, -0.2) is 14.3 Å². The smallest absolute Gasteiger partial charge is 0.331 e. The average molecular weight is 343 g/mol. The molecule has 1 heterocycles. The number of nitrogens with zero attached hydrogens (tertiary/aromatic N) is 3. The Morgan fingerprint density at radius 1 is 1.24 bits per heavy atom. The predicted octanol–water partition coefficient (Wildman–Crippen LogP) is 0.338. The lowest BCUT2D eigenvalue weighted by molar-refractivity contribution is -0.143. The molecule has 0 atom stereocenters. The van der Waals surface area contributed by atoms with E-state index in [4.69, 9.17) is 4.74 Å². The molecular weight excluding hydrogens is 326 g/mol. The summed E-state index contributed by atoms with van der Waals surface area (Å²) >= 11 is 0. The normalized spacial score (nSPS) is 10.4. The van der Waals surface area contributed by atoms with Gasteiger partial charge in [0, 0.05) is 13.1 Å². The van der Waals surface area contributed by atoms with Crippen LogP contribution in [-0.2, 0) is 20.9 Å². The molecule has 0 saturated heterocycles. The van der Waals surface area contributed by atoms with Crippen molar-refractivity contribution in [2.45, 2.75) is 6.54 Å². The Morgan fingerprint density at radius 2 is 2.00 bits per heavy atom. The summed E-state index contributed by atoms with van der Waals surface area (Å²) in [5.74, 6) is -1.46. The van der Waals surface area contributed by atoms with Crippen LogP contribution in [0.2, 0.25) is 0 Å². The topological polar surface area (TPSA) is 115 Å². The van der Waals surface area contributed by atoms with Crippen LogP contribution < -0.4 is 10.6 Å². The van der Waals surface area contributed by atoms with Crippen molar-refractivity contribution in [3.63, 3.8) is 0 Å². The highest BCUT2D eigenvalue weighted by atomic mass is 16.5. The van der Waals surface area contributed by atoms with Gasteiger partial charge >= 0.3 is 12.0 Å². The SMILES string of the molecule is CNC(=O)NC(=O)COC(=O)/C=C/c1cn(Cc2ccccc2)nn1. The molecule has 0 radical (unpaired) electrons. The maximum absolute atomic E-state index is 11.5. The summed E-state index contributed by atoms with van der Waals surface area (Å²) < 4.78 is 6.34. The minimum absolute atomic E-state index is 0.475. The van der Waals surface area contributed by atoms with Crippen LogP contribution in [0.15, 0.2) is 42.6 Å². The molecule has 3 amide bonds. The van der Waals surface area contributed by atoms with Gasteiger partial charge in [-0.3, -0.25) is 10.1 Å². The largest absolute Gasteiger partial charge is 0.452 e. The molecule has 2 N–H and O–H groups in total. The minimum atomic E-state index is -0.732. The second kappa shape index (κ2) is 8.96. The first-order valence-corrected chi connectivity index (χ1v) is 7.37. The summed E-state index contributed by atoms with van der Waals surface area (Å²) in [7, 11) is 1.36. The van der Waals surface area contributed by atoms with E-state index in [9.17, 15) is 14.4 Å². The Kier molecular flexibility index (Phi) is 6.40. The number of urea groups is 1. The highest BCUT2D eigenvalue weighted by Gasteiger charge is 2.08. The number of carbonyl (C=O) groups excluding carboxylic acids is 3. The van der Waals surface area contributed by atoms with Gasteiger partial charge in [-0.1, -0.05) is 35.5 Å². The van der Waals surface area contributed by atoms with Crippen LogP contribution in [0.3, 0.4) is 0 Å². The average Bonchev–Trinajstić information content (AvgIpc) is 3.06. The fourth-order valence-electron chi connectivity index (χ4n) is 1.80. The Hall–Kier alpha value is -3.49. The van der Waals surface area contributed by atoms with E-state index >= 15 is 0 Å². The third-order valence-electron chi connectivity index (χ3n) is 2.96. The number of aromatic nitrogens is 3. The van der Waals surface area contributed by atoms with E-state index < -0.39 is 24.5 Å². The first kappa shape index (κ1) is 17.9. The molecule has 9 heteroatoms. The minimum Gasteiger partial charge on any atom is -0.452 e. The molecule has 0 aliphatic carbocycles. The second-order valence-electron chi connectivity index (χ2n) is 4.89. The van der Waals surface area contributed by atoms with E-state index in [0.29, 0.717) is 12.2 Å². The summed E-state index contributed by atoms with van der Waals surface area (Å²) in [5, 5.41) is 12.1. The quantitative estimate of drug-likeness (QED) is 0.577. The van der Waals surface area contributed by atoms with Crippen LogP contribution in [0.1, 0.15) is 11.3 Å². The van der Waals surface area contributed by atoms with Crippen molar-refractivity contribution in [2.24, 2.45) is 0 Å². The standard InChI is InChI=1S/C16H17N5O4/c1-17-16(24)18-14(22)11-25-15(23)8-7-13-10-21(20-19-13)9-12-5-3-2-4-6-12/h2-8,10H,9,11H2,1H3,(H2,17,18,22,24)/b8-7+. The van der Waals surface area contributed by atoms with E-state index in [-0.39, 0.29) is 0 Å². The number of imide groups is 1. The van der Waals surface area contributed by atoms with Gasteiger partial charge < -0.3 is 10.1 Å². The molecule has 0 saturated carbocycles. The van der Waals surface area contributed by atoms with Crippen LogP contribution in [0, 0.1) is 0 Å². The van der Waals surface area contributed by atoms with Gasteiger partial charge in [0.25, 0.3) is 5.91 Å². The lowest BCUT2D eigenvalue weighted by atomic mass is 10.2.